The predicted molar refractivity (Wildman–Crippen MR) is 104 cm³/mol. The summed E-state index contributed by atoms with van der Waals surface area (Å²) < 4.78 is 7.66. The van der Waals surface area contributed by atoms with Gasteiger partial charge in [-0.1, -0.05) is 29.4 Å². The number of likely N-dealkylation sites (tertiary alicyclic amines) is 1. The fourth-order valence-corrected chi connectivity index (χ4v) is 4.31. The van der Waals surface area contributed by atoms with Crippen LogP contribution in [0.5, 0.6) is 0 Å². The second kappa shape index (κ2) is 6.93. The molecule has 1 saturated heterocycles. The van der Waals surface area contributed by atoms with Crippen LogP contribution in [0.4, 0.5) is 0 Å². The Morgan fingerprint density at radius 3 is 2.67 bits per heavy atom. The summed E-state index contributed by atoms with van der Waals surface area (Å²) in [5.74, 6) is 1.35. The molecule has 3 heterocycles. The number of hydrogen-bond donors (Lipinski definition) is 0. The van der Waals surface area contributed by atoms with Gasteiger partial charge in [-0.05, 0) is 52.6 Å². The first-order chi connectivity index (χ1) is 13.0. The quantitative estimate of drug-likeness (QED) is 0.690. The van der Waals surface area contributed by atoms with Crippen LogP contribution in [-0.2, 0) is 7.05 Å². The summed E-state index contributed by atoms with van der Waals surface area (Å²) in [6.45, 7) is 9.52. The van der Waals surface area contributed by atoms with Crippen LogP contribution in [-0.4, -0.2) is 31.4 Å². The van der Waals surface area contributed by atoms with Crippen LogP contribution in [0.3, 0.4) is 0 Å². The van der Waals surface area contributed by atoms with Crippen LogP contribution < -0.4 is 0 Å². The van der Waals surface area contributed by atoms with Gasteiger partial charge < -0.3 is 4.52 Å². The molecular formula is C21H27N5O. The molecule has 0 bridgehead atoms. The van der Waals surface area contributed by atoms with Crippen LogP contribution in [0.25, 0.3) is 11.4 Å². The summed E-state index contributed by atoms with van der Waals surface area (Å²) in [6.07, 6.45) is 2.30. The molecule has 1 aromatic carbocycles. The van der Waals surface area contributed by atoms with Crippen LogP contribution >= 0.6 is 0 Å². The number of hydrogen-bond acceptors (Lipinski definition) is 5. The van der Waals surface area contributed by atoms with E-state index in [1.54, 1.807) is 0 Å². The van der Waals surface area contributed by atoms with Gasteiger partial charge in [-0.3, -0.25) is 9.58 Å². The zero-order valence-corrected chi connectivity index (χ0v) is 16.7. The number of benzene rings is 1. The Kier molecular flexibility index (Phi) is 4.60. The van der Waals surface area contributed by atoms with Crippen LogP contribution in [0, 0.1) is 20.8 Å². The van der Waals surface area contributed by atoms with Crippen molar-refractivity contribution in [2.75, 3.05) is 6.54 Å². The van der Waals surface area contributed by atoms with Crippen molar-refractivity contribution < 1.29 is 4.52 Å². The monoisotopic (exact) mass is 365 g/mol. The Hall–Kier alpha value is -2.47. The molecule has 1 aliphatic rings. The van der Waals surface area contributed by atoms with E-state index in [4.69, 9.17) is 9.51 Å². The fourth-order valence-electron chi connectivity index (χ4n) is 4.31. The lowest BCUT2D eigenvalue weighted by Gasteiger charge is -2.28. The molecule has 142 valence electrons. The van der Waals surface area contributed by atoms with Crippen molar-refractivity contribution in [3.8, 4) is 11.4 Å². The lowest BCUT2D eigenvalue weighted by molar-refractivity contribution is 0.158. The van der Waals surface area contributed by atoms with Crippen LogP contribution in [0.2, 0.25) is 0 Å². The Labute approximate surface area is 160 Å². The second-order valence-corrected chi connectivity index (χ2v) is 7.55. The Morgan fingerprint density at radius 1 is 1.19 bits per heavy atom. The molecule has 0 N–H and O–H groups in total. The Balaban J connectivity index is 1.63. The van der Waals surface area contributed by atoms with E-state index in [0.29, 0.717) is 17.8 Å². The fraction of sp³-hybridized carbons (Fsp3) is 0.476. The number of aromatic nitrogens is 4. The summed E-state index contributed by atoms with van der Waals surface area (Å²) in [6, 6.07) is 8.56. The summed E-state index contributed by atoms with van der Waals surface area (Å²) in [4.78, 5) is 7.20. The normalized spacial score (nSPS) is 18.9. The van der Waals surface area contributed by atoms with Crippen molar-refractivity contribution in [1.29, 1.82) is 0 Å². The smallest absolute Gasteiger partial charge is 0.244 e. The van der Waals surface area contributed by atoms with Crippen molar-refractivity contribution >= 4 is 0 Å². The van der Waals surface area contributed by atoms with Gasteiger partial charge in [0, 0.05) is 29.9 Å². The Bertz CT molecular complexity index is 957. The minimum absolute atomic E-state index is 0.0711. The van der Waals surface area contributed by atoms with E-state index in [1.165, 1.54) is 17.7 Å². The lowest BCUT2D eigenvalue weighted by Crippen LogP contribution is -2.27. The molecule has 1 aliphatic heterocycles. The Morgan fingerprint density at radius 2 is 1.96 bits per heavy atom. The highest BCUT2D eigenvalue weighted by Gasteiger charge is 2.35. The largest absolute Gasteiger partial charge is 0.337 e. The molecule has 0 aliphatic carbocycles. The molecule has 2 aromatic heterocycles. The molecular weight excluding hydrogens is 338 g/mol. The average molecular weight is 365 g/mol. The first-order valence-corrected chi connectivity index (χ1v) is 9.62. The van der Waals surface area contributed by atoms with Gasteiger partial charge in [0.25, 0.3) is 0 Å². The van der Waals surface area contributed by atoms with Crippen molar-refractivity contribution in [3.63, 3.8) is 0 Å². The minimum atomic E-state index is 0.0711. The molecule has 2 unspecified atom stereocenters. The highest BCUT2D eigenvalue weighted by Crippen LogP contribution is 2.40. The number of rotatable bonds is 4. The highest BCUT2D eigenvalue weighted by atomic mass is 16.5. The molecule has 27 heavy (non-hydrogen) atoms. The molecule has 1 fully saturated rings. The SMILES string of the molecule is Cc1ccccc1-c1noc(C(C)N2CCCC2c2c(C)nn(C)c2C)n1. The summed E-state index contributed by atoms with van der Waals surface area (Å²) in [5.41, 5.74) is 5.88. The van der Waals surface area contributed by atoms with Gasteiger partial charge >= 0.3 is 0 Å². The van der Waals surface area contributed by atoms with E-state index in [-0.39, 0.29) is 6.04 Å². The second-order valence-electron chi connectivity index (χ2n) is 7.55. The molecule has 0 spiro atoms. The summed E-state index contributed by atoms with van der Waals surface area (Å²) >= 11 is 0. The first-order valence-electron chi connectivity index (χ1n) is 9.62. The maximum atomic E-state index is 5.67. The van der Waals surface area contributed by atoms with Gasteiger partial charge in [0.1, 0.15) is 0 Å². The molecule has 6 nitrogen and oxygen atoms in total. The molecule has 3 aromatic rings. The van der Waals surface area contributed by atoms with Crippen molar-refractivity contribution in [3.05, 3.63) is 52.7 Å². The van der Waals surface area contributed by atoms with Crippen molar-refractivity contribution in [2.24, 2.45) is 7.05 Å². The molecule has 0 saturated carbocycles. The zero-order chi connectivity index (χ0) is 19.1. The third kappa shape index (κ3) is 3.08. The van der Waals surface area contributed by atoms with E-state index in [1.807, 2.05) is 29.9 Å². The van der Waals surface area contributed by atoms with Crippen molar-refractivity contribution in [1.82, 2.24) is 24.8 Å². The average Bonchev–Trinajstić information content (AvgIpc) is 3.35. The van der Waals surface area contributed by atoms with Crippen molar-refractivity contribution in [2.45, 2.75) is 52.6 Å². The third-order valence-electron chi connectivity index (χ3n) is 5.87. The van der Waals surface area contributed by atoms with E-state index in [9.17, 15) is 0 Å². The third-order valence-corrected chi connectivity index (χ3v) is 5.87. The molecule has 4 rings (SSSR count). The van der Waals surface area contributed by atoms with Gasteiger partial charge in [0.2, 0.25) is 11.7 Å². The molecule has 6 heteroatoms. The zero-order valence-electron chi connectivity index (χ0n) is 16.7. The van der Waals surface area contributed by atoms with Crippen LogP contribution in [0.15, 0.2) is 28.8 Å². The van der Waals surface area contributed by atoms with E-state index >= 15 is 0 Å². The number of aryl methyl sites for hydroxylation is 3. The van der Waals surface area contributed by atoms with Gasteiger partial charge in [-0.2, -0.15) is 10.1 Å². The molecule has 0 amide bonds. The van der Waals surface area contributed by atoms with E-state index in [0.717, 1.165) is 29.8 Å². The minimum Gasteiger partial charge on any atom is -0.337 e. The maximum absolute atomic E-state index is 5.67. The van der Waals surface area contributed by atoms with Crippen LogP contribution in [0.1, 0.15) is 60.3 Å². The first kappa shape index (κ1) is 17.9. The maximum Gasteiger partial charge on any atom is 0.244 e. The van der Waals surface area contributed by atoms with E-state index in [2.05, 4.69) is 48.9 Å². The van der Waals surface area contributed by atoms with Gasteiger partial charge in [-0.15, -0.1) is 0 Å². The number of nitrogens with zero attached hydrogens (tertiary/aromatic N) is 5. The topological polar surface area (TPSA) is 60.0 Å². The predicted octanol–water partition coefficient (Wildman–Crippen LogP) is 4.29. The van der Waals surface area contributed by atoms with Gasteiger partial charge in [0.15, 0.2) is 0 Å². The van der Waals surface area contributed by atoms with Gasteiger partial charge in [0.05, 0.1) is 11.7 Å². The van der Waals surface area contributed by atoms with E-state index < -0.39 is 0 Å². The molecule has 2 atom stereocenters. The molecule has 0 radical (unpaired) electrons. The highest BCUT2D eigenvalue weighted by molar-refractivity contribution is 5.59. The summed E-state index contributed by atoms with van der Waals surface area (Å²) in [5, 5.41) is 8.86. The van der Waals surface area contributed by atoms with Gasteiger partial charge in [-0.25, -0.2) is 0 Å². The lowest BCUT2D eigenvalue weighted by atomic mass is 10.0. The summed E-state index contributed by atoms with van der Waals surface area (Å²) in [7, 11) is 2.01. The standard InChI is InChI=1S/C21H27N5O/c1-13-9-6-7-10-17(13)20-22-21(27-24-20)16(4)26-12-8-11-18(26)19-14(2)23-25(5)15(19)3/h6-7,9-10,16,18H,8,11-12H2,1-5H3.